The molecular weight excluding hydrogens is 621 g/mol. The van der Waals surface area contributed by atoms with E-state index in [9.17, 15) is 0 Å². The van der Waals surface area contributed by atoms with Crippen LogP contribution >= 0.6 is 0 Å². The van der Waals surface area contributed by atoms with Gasteiger partial charge < -0.3 is 13.9 Å². The SMILES string of the molecule is c1ccc(-c2cccc(N(c3ccccc3)c3ccc4c(oc5ccccc54)c3-c3ccccc3-n3c4ccccc4c4ccccc43)c2)cc1. The Hall–Kier alpha value is -6.84. The number of furan rings is 1. The number of nitrogens with zero attached hydrogens (tertiary/aromatic N) is 2. The van der Waals surface area contributed by atoms with Crippen molar-refractivity contribution in [2.75, 3.05) is 4.90 Å². The second-order valence-electron chi connectivity index (χ2n) is 12.9. The maximum atomic E-state index is 6.91. The average molecular weight is 653 g/mol. The van der Waals surface area contributed by atoms with Crippen molar-refractivity contribution in [2.45, 2.75) is 0 Å². The van der Waals surface area contributed by atoms with E-state index in [1.54, 1.807) is 0 Å². The van der Waals surface area contributed by atoms with Crippen molar-refractivity contribution in [1.82, 2.24) is 4.57 Å². The third-order valence-corrected chi connectivity index (χ3v) is 9.99. The number of benzene rings is 8. The molecule has 0 N–H and O–H groups in total. The van der Waals surface area contributed by atoms with Gasteiger partial charge in [0.2, 0.25) is 0 Å². The van der Waals surface area contributed by atoms with Crippen molar-refractivity contribution in [2.24, 2.45) is 0 Å². The molecular formula is C48H32N2O. The van der Waals surface area contributed by atoms with Crippen LogP contribution < -0.4 is 4.90 Å². The molecule has 2 heterocycles. The molecule has 0 unspecified atom stereocenters. The van der Waals surface area contributed by atoms with Crippen LogP contribution in [0.4, 0.5) is 17.1 Å². The fourth-order valence-electron chi connectivity index (χ4n) is 7.75. The van der Waals surface area contributed by atoms with E-state index >= 15 is 0 Å². The average Bonchev–Trinajstić information content (AvgIpc) is 3.75. The number of hydrogen-bond donors (Lipinski definition) is 0. The lowest BCUT2D eigenvalue weighted by atomic mass is 9.96. The highest BCUT2D eigenvalue weighted by atomic mass is 16.3. The number of para-hydroxylation sites is 5. The molecule has 3 nitrogen and oxygen atoms in total. The van der Waals surface area contributed by atoms with Gasteiger partial charge in [-0.3, -0.25) is 0 Å². The summed E-state index contributed by atoms with van der Waals surface area (Å²) in [5.41, 5.74) is 12.8. The van der Waals surface area contributed by atoms with Gasteiger partial charge in [0, 0.05) is 38.5 Å². The molecule has 0 radical (unpaired) electrons. The van der Waals surface area contributed by atoms with Gasteiger partial charge in [-0.2, -0.15) is 0 Å². The highest BCUT2D eigenvalue weighted by molar-refractivity contribution is 6.15. The predicted octanol–water partition coefficient (Wildman–Crippen LogP) is 13.5. The van der Waals surface area contributed by atoms with E-state index in [1.165, 1.54) is 27.4 Å². The van der Waals surface area contributed by atoms with Crippen molar-refractivity contribution in [1.29, 1.82) is 0 Å². The van der Waals surface area contributed by atoms with Gasteiger partial charge in [0.1, 0.15) is 11.2 Å². The Balaban J connectivity index is 1.31. The third-order valence-electron chi connectivity index (χ3n) is 9.99. The van der Waals surface area contributed by atoms with Crippen LogP contribution in [0.25, 0.3) is 71.7 Å². The summed E-state index contributed by atoms with van der Waals surface area (Å²) in [7, 11) is 0. The molecule has 51 heavy (non-hydrogen) atoms. The minimum Gasteiger partial charge on any atom is -0.455 e. The first-order valence-electron chi connectivity index (χ1n) is 17.4. The summed E-state index contributed by atoms with van der Waals surface area (Å²) >= 11 is 0. The van der Waals surface area contributed by atoms with Gasteiger partial charge in [0.05, 0.1) is 28.0 Å². The molecule has 10 aromatic rings. The van der Waals surface area contributed by atoms with Crippen LogP contribution in [-0.2, 0) is 0 Å². The smallest absolute Gasteiger partial charge is 0.145 e. The Kier molecular flexibility index (Phi) is 6.81. The summed E-state index contributed by atoms with van der Waals surface area (Å²) in [6.45, 7) is 0. The van der Waals surface area contributed by atoms with E-state index in [4.69, 9.17) is 4.42 Å². The van der Waals surface area contributed by atoms with Gasteiger partial charge in [0.15, 0.2) is 0 Å². The van der Waals surface area contributed by atoms with Crippen LogP contribution in [0.1, 0.15) is 0 Å². The van der Waals surface area contributed by atoms with Crippen LogP contribution in [0.15, 0.2) is 199 Å². The van der Waals surface area contributed by atoms with E-state index in [-0.39, 0.29) is 0 Å². The van der Waals surface area contributed by atoms with Crippen LogP contribution in [0.2, 0.25) is 0 Å². The van der Waals surface area contributed by atoms with Gasteiger partial charge in [-0.15, -0.1) is 0 Å². The van der Waals surface area contributed by atoms with Gasteiger partial charge >= 0.3 is 0 Å². The Morgan fingerprint density at radius 2 is 1.00 bits per heavy atom. The zero-order valence-corrected chi connectivity index (χ0v) is 27.8. The molecule has 0 saturated carbocycles. The van der Waals surface area contributed by atoms with Gasteiger partial charge in [0.25, 0.3) is 0 Å². The molecule has 240 valence electrons. The van der Waals surface area contributed by atoms with E-state index in [2.05, 4.69) is 198 Å². The molecule has 0 fully saturated rings. The van der Waals surface area contributed by atoms with E-state index in [0.29, 0.717) is 0 Å². The summed E-state index contributed by atoms with van der Waals surface area (Å²) < 4.78 is 9.32. The Morgan fingerprint density at radius 3 is 1.76 bits per heavy atom. The first kappa shape index (κ1) is 29.1. The summed E-state index contributed by atoms with van der Waals surface area (Å²) in [5, 5.41) is 4.65. The van der Waals surface area contributed by atoms with Crippen LogP contribution in [0, 0.1) is 0 Å². The number of hydrogen-bond acceptors (Lipinski definition) is 2. The highest BCUT2D eigenvalue weighted by Crippen LogP contribution is 2.49. The van der Waals surface area contributed by atoms with E-state index in [1.807, 2.05) is 6.07 Å². The summed E-state index contributed by atoms with van der Waals surface area (Å²) in [6, 6.07) is 69.0. The lowest BCUT2D eigenvalue weighted by molar-refractivity contribution is 0.670. The number of rotatable bonds is 6. The number of anilines is 3. The third kappa shape index (κ3) is 4.74. The standard InChI is InChI=1S/C48H32N2O/c1-3-16-33(17-4-1)34-18-15-21-36(32-34)49(35-19-5-2-6-20-35)45-31-30-40-39-24-10-14-29-46(39)51-48(40)47(45)41-25-9-13-28-44(41)50-42-26-11-7-22-37(42)38-23-8-12-27-43(38)50/h1-32H. The molecule has 0 aliphatic heterocycles. The molecule has 0 bridgehead atoms. The maximum absolute atomic E-state index is 6.91. The molecule has 0 amide bonds. The van der Waals surface area contributed by atoms with Crippen molar-refractivity contribution in [3.05, 3.63) is 194 Å². The minimum atomic E-state index is 0.863. The van der Waals surface area contributed by atoms with Gasteiger partial charge in [-0.05, 0) is 71.8 Å². The lowest BCUT2D eigenvalue weighted by Gasteiger charge is -2.29. The van der Waals surface area contributed by atoms with E-state index < -0.39 is 0 Å². The largest absolute Gasteiger partial charge is 0.455 e. The molecule has 0 atom stereocenters. The fourth-order valence-corrected chi connectivity index (χ4v) is 7.75. The van der Waals surface area contributed by atoms with Crippen LogP contribution in [-0.4, -0.2) is 4.57 Å². The van der Waals surface area contributed by atoms with Crippen LogP contribution in [0.3, 0.4) is 0 Å². The molecule has 0 aliphatic carbocycles. The number of aromatic nitrogens is 1. The van der Waals surface area contributed by atoms with Gasteiger partial charge in [-0.1, -0.05) is 133 Å². The predicted molar refractivity (Wildman–Crippen MR) is 214 cm³/mol. The summed E-state index contributed by atoms with van der Waals surface area (Å²) in [6.07, 6.45) is 0. The maximum Gasteiger partial charge on any atom is 0.145 e. The van der Waals surface area contributed by atoms with E-state index in [0.717, 1.165) is 61.4 Å². The Morgan fingerprint density at radius 1 is 0.412 bits per heavy atom. The second kappa shape index (κ2) is 11.9. The first-order chi connectivity index (χ1) is 25.3. The summed E-state index contributed by atoms with van der Waals surface area (Å²) in [5.74, 6) is 0. The van der Waals surface area contributed by atoms with Crippen molar-refractivity contribution < 1.29 is 4.42 Å². The van der Waals surface area contributed by atoms with Crippen molar-refractivity contribution >= 4 is 60.8 Å². The summed E-state index contributed by atoms with van der Waals surface area (Å²) in [4.78, 5) is 2.37. The molecule has 3 heteroatoms. The monoisotopic (exact) mass is 652 g/mol. The topological polar surface area (TPSA) is 21.3 Å². The normalized spacial score (nSPS) is 11.5. The van der Waals surface area contributed by atoms with Crippen molar-refractivity contribution in [3.63, 3.8) is 0 Å². The lowest BCUT2D eigenvalue weighted by Crippen LogP contribution is -2.12. The van der Waals surface area contributed by atoms with Gasteiger partial charge in [-0.25, -0.2) is 0 Å². The molecule has 10 rings (SSSR count). The highest BCUT2D eigenvalue weighted by Gasteiger charge is 2.25. The molecule has 2 aromatic heterocycles. The van der Waals surface area contributed by atoms with Crippen LogP contribution in [0.5, 0.6) is 0 Å². The molecule has 8 aromatic carbocycles. The van der Waals surface area contributed by atoms with Crippen molar-refractivity contribution in [3.8, 4) is 27.9 Å². The second-order valence-corrected chi connectivity index (χ2v) is 12.9. The molecule has 0 spiro atoms. The fraction of sp³-hybridized carbons (Fsp3) is 0. The Labute approximate surface area is 295 Å². The zero-order valence-electron chi connectivity index (χ0n) is 27.8. The minimum absolute atomic E-state index is 0.863. The molecule has 0 aliphatic rings. The molecule has 0 saturated heterocycles. The Bertz CT molecular complexity index is 2810. The number of fused-ring (bicyclic) bond motifs is 6. The quantitative estimate of drug-likeness (QED) is 0.178. The zero-order chi connectivity index (χ0) is 33.7. The first-order valence-corrected chi connectivity index (χ1v) is 17.4.